The van der Waals surface area contributed by atoms with E-state index in [-0.39, 0.29) is 5.91 Å². The SMILES string of the molecule is CCc1c(-c2cc(C)c3nc(C)nn3c2)[nH]c2ccc(C3CCN(CC(=O)N(C)C)CC3)cc12. The number of H-pyrrole nitrogens is 1. The van der Waals surface area contributed by atoms with Crippen LogP contribution in [0.25, 0.3) is 27.8 Å². The van der Waals surface area contributed by atoms with E-state index in [0.717, 1.165) is 55.0 Å². The smallest absolute Gasteiger partial charge is 0.236 e. The third kappa shape index (κ3) is 4.09. The molecule has 1 saturated heterocycles. The highest BCUT2D eigenvalue weighted by atomic mass is 16.2. The van der Waals surface area contributed by atoms with Crippen molar-refractivity contribution in [1.29, 1.82) is 0 Å². The monoisotopic (exact) mass is 458 g/mol. The molecule has 3 aromatic heterocycles. The average Bonchev–Trinajstić information content (AvgIpc) is 3.38. The van der Waals surface area contributed by atoms with Gasteiger partial charge in [0.25, 0.3) is 0 Å². The zero-order valence-electron chi connectivity index (χ0n) is 20.9. The molecule has 0 atom stereocenters. The number of carbonyl (C=O) groups is 1. The Bertz CT molecular complexity index is 1360. The van der Waals surface area contributed by atoms with Crippen LogP contribution in [0.1, 0.15) is 48.2 Å². The Kier molecular flexibility index (Phi) is 5.90. The number of nitrogens with zero attached hydrogens (tertiary/aromatic N) is 5. The van der Waals surface area contributed by atoms with Crippen LogP contribution in [-0.4, -0.2) is 69.0 Å². The first kappa shape index (κ1) is 22.6. The van der Waals surface area contributed by atoms with Gasteiger partial charge in [0, 0.05) is 36.8 Å². The Balaban J connectivity index is 1.43. The second-order valence-electron chi connectivity index (χ2n) is 9.81. The van der Waals surface area contributed by atoms with Crippen molar-refractivity contribution in [2.75, 3.05) is 33.7 Å². The lowest BCUT2D eigenvalue weighted by Crippen LogP contribution is -2.40. The highest BCUT2D eigenvalue weighted by molar-refractivity contribution is 5.91. The third-order valence-corrected chi connectivity index (χ3v) is 7.21. The number of piperidine rings is 1. The van der Waals surface area contributed by atoms with Gasteiger partial charge in [-0.1, -0.05) is 13.0 Å². The van der Waals surface area contributed by atoms with Gasteiger partial charge in [-0.15, -0.1) is 0 Å². The minimum atomic E-state index is 0.182. The van der Waals surface area contributed by atoms with Crippen molar-refractivity contribution < 1.29 is 4.79 Å². The number of fused-ring (bicyclic) bond motifs is 2. The van der Waals surface area contributed by atoms with Crippen LogP contribution in [0.2, 0.25) is 0 Å². The fraction of sp³-hybridized carbons (Fsp3) is 0.444. The lowest BCUT2D eigenvalue weighted by Gasteiger charge is -2.32. The van der Waals surface area contributed by atoms with Gasteiger partial charge in [-0.05, 0) is 87.0 Å². The van der Waals surface area contributed by atoms with Gasteiger partial charge in [-0.25, -0.2) is 9.50 Å². The number of carbonyl (C=O) groups excluding carboxylic acids is 1. The molecule has 0 saturated carbocycles. The molecule has 1 aliphatic rings. The number of aromatic amines is 1. The van der Waals surface area contributed by atoms with Gasteiger partial charge in [0.1, 0.15) is 5.82 Å². The summed E-state index contributed by atoms with van der Waals surface area (Å²) in [6.45, 7) is 8.71. The Morgan fingerprint density at radius 3 is 2.65 bits per heavy atom. The Morgan fingerprint density at radius 2 is 1.94 bits per heavy atom. The van der Waals surface area contributed by atoms with Crippen LogP contribution in [0, 0.1) is 13.8 Å². The molecule has 1 N–H and O–H groups in total. The van der Waals surface area contributed by atoms with Crippen molar-refractivity contribution in [3.05, 3.63) is 53.0 Å². The largest absolute Gasteiger partial charge is 0.354 e. The molecular weight excluding hydrogens is 424 g/mol. The molecule has 5 rings (SSSR count). The molecule has 7 nitrogen and oxygen atoms in total. The maximum atomic E-state index is 12.1. The minimum Gasteiger partial charge on any atom is -0.354 e. The molecule has 1 aromatic carbocycles. The van der Waals surface area contributed by atoms with Gasteiger partial charge in [0.2, 0.25) is 5.91 Å². The van der Waals surface area contributed by atoms with Crippen LogP contribution in [-0.2, 0) is 11.2 Å². The van der Waals surface area contributed by atoms with E-state index < -0.39 is 0 Å². The molecule has 7 heteroatoms. The van der Waals surface area contributed by atoms with E-state index in [4.69, 9.17) is 0 Å². The van der Waals surface area contributed by atoms with Crippen LogP contribution in [0.15, 0.2) is 30.5 Å². The Hall–Kier alpha value is -3.19. The van der Waals surface area contributed by atoms with Crippen LogP contribution in [0.5, 0.6) is 0 Å². The highest BCUT2D eigenvalue weighted by Gasteiger charge is 2.23. The summed E-state index contributed by atoms with van der Waals surface area (Å²) in [5.41, 5.74) is 8.28. The summed E-state index contributed by atoms with van der Waals surface area (Å²) in [5.74, 6) is 1.51. The fourth-order valence-electron chi connectivity index (χ4n) is 5.28. The van der Waals surface area contributed by atoms with Gasteiger partial charge < -0.3 is 9.88 Å². The van der Waals surface area contributed by atoms with Gasteiger partial charge in [0.15, 0.2) is 5.65 Å². The summed E-state index contributed by atoms with van der Waals surface area (Å²) < 4.78 is 1.89. The van der Waals surface area contributed by atoms with Crippen LogP contribution < -0.4 is 0 Å². The Morgan fingerprint density at radius 1 is 1.18 bits per heavy atom. The molecule has 0 bridgehead atoms. The minimum absolute atomic E-state index is 0.182. The van der Waals surface area contributed by atoms with Crippen molar-refractivity contribution in [2.45, 2.75) is 46.0 Å². The van der Waals surface area contributed by atoms with E-state index in [1.807, 2.05) is 25.5 Å². The molecule has 0 unspecified atom stereocenters. The molecule has 0 radical (unpaired) electrons. The van der Waals surface area contributed by atoms with Crippen molar-refractivity contribution >= 4 is 22.5 Å². The maximum absolute atomic E-state index is 12.1. The number of aromatic nitrogens is 4. The maximum Gasteiger partial charge on any atom is 0.236 e. The van der Waals surface area contributed by atoms with Gasteiger partial charge >= 0.3 is 0 Å². The molecular formula is C27H34N6O. The molecule has 1 fully saturated rings. The number of amides is 1. The number of likely N-dealkylation sites (tertiary alicyclic amines) is 1. The van der Waals surface area contributed by atoms with E-state index in [0.29, 0.717) is 12.5 Å². The second kappa shape index (κ2) is 8.87. The summed E-state index contributed by atoms with van der Waals surface area (Å²) in [6.07, 6.45) is 5.22. The average molecular weight is 459 g/mol. The zero-order chi connectivity index (χ0) is 24.0. The molecule has 1 aliphatic heterocycles. The Labute approximate surface area is 200 Å². The van der Waals surface area contributed by atoms with E-state index in [2.05, 4.69) is 64.3 Å². The summed E-state index contributed by atoms with van der Waals surface area (Å²) >= 11 is 0. The van der Waals surface area contributed by atoms with E-state index in [1.165, 1.54) is 27.7 Å². The van der Waals surface area contributed by atoms with E-state index >= 15 is 0 Å². The van der Waals surface area contributed by atoms with Crippen molar-refractivity contribution in [3.8, 4) is 11.3 Å². The normalized spacial score (nSPS) is 15.4. The first-order chi connectivity index (χ1) is 16.3. The lowest BCUT2D eigenvalue weighted by atomic mass is 9.88. The number of pyridine rings is 1. The molecule has 4 aromatic rings. The fourth-order valence-corrected chi connectivity index (χ4v) is 5.28. The standard InChI is InChI=1S/C27H34N6O/c1-6-22-23-14-20(19-9-11-32(12-10-19)16-25(34)31(4)5)7-8-24(23)29-26(22)21-13-17(2)27-28-18(3)30-33(27)15-21/h7-8,13-15,19,29H,6,9-12,16H2,1-5H3. The van der Waals surface area contributed by atoms with Crippen LogP contribution in [0.3, 0.4) is 0 Å². The molecule has 1 amide bonds. The van der Waals surface area contributed by atoms with Crippen molar-refractivity contribution in [2.24, 2.45) is 0 Å². The number of nitrogens with one attached hydrogen (secondary N) is 1. The van der Waals surface area contributed by atoms with Crippen LogP contribution in [0.4, 0.5) is 0 Å². The summed E-state index contributed by atoms with van der Waals surface area (Å²) in [4.78, 5) is 24.3. The first-order valence-corrected chi connectivity index (χ1v) is 12.2. The van der Waals surface area contributed by atoms with Gasteiger partial charge in [-0.2, -0.15) is 5.10 Å². The first-order valence-electron chi connectivity index (χ1n) is 12.2. The second-order valence-corrected chi connectivity index (χ2v) is 9.81. The van der Waals surface area contributed by atoms with Gasteiger partial charge in [0.05, 0.1) is 12.2 Å². The number of rotatable bonds is 5. The number of benzene rings is 1. The van der Waals surface area contributed by atoms with E-state index in [9.17, 15) is 4.79 Å². The number of aryl methyl sites for hydroxylation is 3. The van der Waals surface area contributed by atoms with Crippen LogP contribution >= 0.6 is 0 Å². The van der Waals surface area contributed by atoms with Crippen molar-refractivity contribution in [1.82, 2.24) is 29.4 Å². The molecule has 34 heavy (non-hydrogen) atoms. The van der Waals surface area contributed by atoms with E-state index in [1.54, 1.807) is 4.90 Å². The topological polar surface area (TPSA) is 69.5 Å². The number of hydrogen-bond donors (Lipinski definition) is 1. The highest BCUT2D eigenvalue weighted by Crippen LogP contribution is 2.35. The molecule has 178 valence electrons. The number of likely N-dealkylation sites (N-methyl/N-ethyl adjacent to an activating group) is 1. The van der Waals surface area contributed by atoms with Gasteiger partial charge in [-0.3, -0.25) is 9.69 Å². The summed E-state index contributed by atoms with van der Waals surface area (Å²) in [5, 5.41) is 5.86. The number of hydrogen-bond acceptors (Lipinski definition) is 4. The lowest BCUT2D eigenvalue weighted by molar-refractivity contribution is -0.130. The summed E-state index contributed by atoms with van der Waals surface area (Å²) in [7, 11) is 3.65. The summed E-state index contributed by atoms with van der Waals surface area (Å²) in [6, 6.07) is 9.12. The quantitative estimate of drug-likeness (QED) is 0.483. The molecule has 4 heterocycles. The third-order valence-electron chi connectivity index (χ3n) is 7.21. The molecule has 0 aliphatic carbocycles. The molecule has 0 spiro atoms. The zero-order valence-corrected chi connectivity index (χ0v) is 20.9. The van der Waals surface area contributed by atoms with Crippen molar-refractivity contribution in [3.63, 3.8) is 0 Å². The predicted molar refractivity (Wildman–Crippen MR) is 136 cm³/mol. The predicted octanol–water partition coefficient (Wildman–Crippen LogP) is 4.32.